The summed E-state index contributed by atoms with van der Waals surface area (Å²) >= 11 is 0. The average Bonchev–Trinajstić information content (AvgIpc) is 2.46. The Kier molecular flexibility index (Phi) is 6.12. The standard InChI is InChI=1S/C13H17N3O5/c1-3-4-5-12(17)15-14-8-9-6-10(16(19)20)13(18)11(7-9)21-2/h6-8,18H,3-5H2,1-2H3,(H,15,17)/b14-8+. The summed E-state index contributed by atoms with van der Waals surface area (Å²) < 4.78 is 4.85. The molecule has 0 bridgehead atoms. The van der Waals surface area contributed by atoms with Gasteiger partial charge < -0.3 is 9.84 Å². The molecule has 0 atom stereocenters. The van der Waals surface area contributed by atoms with E-state index in [-0.39, 0.29) is 11.7 Å². The van der Waals surface area contributed by atoms with E-state index < -0.39 is 16.4 Å². The third-order valence-electron chi connectivity index (χ3n) is 2.65. The van der Waals surface area contributed by atoms with Gasteiger partial charge in [-0.15, -0.1) is 0 Å². The van der Waals surface area contributed by atoms with Crippen LogP contribution >= 0.6 is 0 Å². The summed E-state index contributed by atoms with van der Waals surface area (Å²) in [6, 6.07) is 2.52. The summed E-state index contributed by atoms with van der Waals surface area (Å²) in [6.07, 6.45) is 3.28. The van der Waals surface area contributed by atoms with E-state index in [2.05, 4.69) is 10.5 Å². The normalized spacial score (nSPS) is 10.6. The number of aromatic hydroxyl groups is 1. The second-order valence-electron chi connectivity index (χ2n) is 4.24. The number of hydrogen-bond donors (Lipinski definition) is 2. The first-order valence-corrected chi connectivity index (χ1v) is 6.36. The molecule has 0 aliphatic heterocycles. The highest BCUT2D eigenvalue weighted by molar-refractivity contribution is 5.84. The van der Waals surface area contributed by atoms with Crippen molar-refractivity contribution in [3.8, 4) is 11.5 Å². The van der Waals surface area contributed by atoms with Crippen molar-refractivity contribution in [1.29, 1.82) is 0 Å². The lowest BCUT2D eigenvalue weighted by Crippen LogP contribution is -2.16. The fraction of sp³-hybridized carbons (Fsp3) is 0.385. The maximum atomic E-state index is 11.3. The number of hydrazone groups is 1. The molecule has 0 fully saturated rings. The Labute approximate surface area is 121 Å². The lowest BCUT2D eigenvalue weighted by atomic mass is 10.2. The van der Waals surface area contributed by atoms with Crippen molar-refractivity contribution < 1.29 is 19.6 Å². The Morgan fingerprint density at radius 2 is 2.29 bits per heavy atom. The molecule has 1 aromatic rings. The molecule has 1 aromatic carbocycles. The molecule has 0 heterocycles. The number of methoxy groups -OCH3 is 1. The van der Waals surface area contributed by atoms with Crippen LogP contribution in [0.5, 0.6) is 11.5 Å². The number of phenols is 1. The lowest BCUT2D eigenvalue weighted by molar-refractivity contribution is -0.386. The molecule has 8 heteroatoms. The zero-order valence-corrected chi connectivity index (χ0v) is 11.8. The summed E-state index contributed by atoms with van der Waals surface area (Å²) in [5.74, 6) is -0.817. The van der Waals surface area contributed by atoms with Crippen molar-refractivity contribution in [2.24, 2.45) is 5.10 Å². The summed E-state index contributed by atoms with van der Waals surface area (Å²) in [4.78, 5) is 21.4. The van der Waals surface area contributed by atoms with Gasteiger partial charge in [0.15, 0.2) is 5.75 Å². The van der Waals surface area contributed by atoms with Crippen LogP contribution in [0.1, 0.15) is 31.7 Å². The Balaban J connectivity index is 2.86. The molecule has 114 valence electrons. The molecule has 0 radical (unpaired) electrons. The number of nitro groups is 1. The topological polar surface area (TPSA) is 114 Å². The highest BCUT2D eigenvalue weighted by atomic mass is 16.6. The third-order valence-corrected chi connectivity index (χ3v) is 2.65. The van der Waals surface area contributed by atoms with Gasteiger partial charge in [-0.3, -0.25) is 14.9 Å². The van der Waals surface area contributed by atoms with Crippen LogP contribution in [-0.4, -0.2) is 29.3 Å². The van der Waals surface area contributed by atoms with Gasteiger partial charge in [0, 0.05) is 18.1 Å². The van der Waals surface area contributed by atoms with Gasteiger partial charge in [0.2, 0.25) is 11.7 Å². The van der Waals surface area contributed by atoms with Crippen molar-refractivity contribution in [2.45, 2.75) is 26.2 Å². The first-order valence-electron chi connectivity index (χ1n) is 6.36. The lowest BCUT2D eigenvalue weighted by Gasteiger charge is -2.05. The molecule has 0 aliphatic rings. The van der Waals surface area contributed by atoms with Gasteiger partial charge in [-0.1, -0.05) is 13.3 Å². The Morgan fingerprint density at radius 1 is 1.57 bits per heavy atom. The summed E-state index contributed by atoms with van der Waals surface area (Å²) in [6.45, 7) is 1.97. The monoisotopic (exact) mass is 295 g/mol. The quantitative estimate of drug-likeness (QED) is 0.453. The zero-order valence-electron chi connectivity index (χ0n) is 11.8. The van der Waals surface area contributed by atoms with Crippen LogP contribution in [0.2, 0.25) is 0 Å². The Bertz CT molecular complexity index is 557. The van der Waals surface area contributed by atoms with E-state index in [9.17, 15) is 20.0 Å². The van der Waals surface area contributed by atoms with Crippen LogP contribution < -0.4 is 10.2 Å². The minimum atomic E-state index is -0.727. The molecule has 0 saturated carbocycles. The van der Waals surface area contributed by atoms with Gasteiger partial charge in [0.05, 0.1) is 18.2 Å². The van der Waals surface area contributed by atoms with Crippen LogP contribution in [0.25, 0.3) is 0 Å². The van der Waals surface area contributed by atoms with Crippen LogP contribution in [-0.2, 0) is 4.79 Å². The average molecular weight is 295 g/mol. The predicted octanol–water partition coefficient (Wildman–Crippen LogP) is 1.95. The molecular weight excluding hydrogens is 278 g/mol. The Morgan fingerprint density at radius 3 is 2.86 bits per heavy atom. The predicted molar refractivity (Wildman–Crippen MR) is 76.6 cm³/mol. The highest BCUT2D eigenvalue weighted by Gasteiger charge is 2.19. The minimum Gasteiger partial charge on any atom is -0.500 e. The number of phenolic OH excluding ortho intramolecular Hbond substituents is 1. The van der Waals surface area contributed by atoms with E-state index in [1.54, 1.807) is 0 Å². The minimum absolute atomic E-state index is 0.0389. The number of rotatable bonds is 7. The van der Waals surface area contributed by atoms with E-state index in [1.807, 2.05) is 6.92 Å². The van der Waals surface area contributed by atoms with Crippen molar-refractivity contribution in [2.75, 3.05) is 7.11 Å². The number of nitrogens with one attached hydrogen (secondary N) is 1. The van der Waals surface area contributed by atoms with Crippen LogP contribution in [0, 0.1) is 10.1 Å². The zero-order chi connectivity index (χ0) is 15.8. The van der Waals surface area contributed by atoms with Crippen molar-refractivity contribution >= 4 is 17.8 Å². The number of unbranched alkanes of at least 4 members (excludes halogenated alkanes) is 1. The van der Waals surface area contributed by atoms with E-state index >= 15 is 0 Å². The largest absolute Gasteiger partial charge is 0.500 e. The maximum Gasteiger partial charge on any atom is 0.315 e. The highest BCUT2D eigenvalue weighted by Crippen LogP contribution is 2.36. The Hall–Kier alpha value is -2.64. The molecule has 0 aromatic heterocycles. The molecule has 1 amide bonds. The number of nitrogens with zero attached hydrogens (tertiary/aromatic N) is 2. The molecule has 0 spiro atoms. The molecule has 0 saturated heterocycles. The molecule has 21 heavy (non-hydrogen) atoms. The fourth-order valence-corrected chi connectivity index (χ4v) is 1.56. The van der Waals surface area contributed by atoms with Crippen molar-refractivity contribution in [3.63, 3.8) is 0 Å². The van der Waals surface area contributed by atoms with Gasteiger partial charge in [0.1, 0.15) is 0 Å². The van der Waals surface area contributed by atoms with Crippen LogP contribution in [0.4, 0.5) is 5.69 Å². The second kappa shape index (κ2) is 7.83. The summed E-state index contributed by atoms with van der Waals surface area (Å²) in [5.41, 5.74) is 2.16. The second-order valence-corrected chi connectivity index (χ2v) is 4.24. The summed E-state index contributed by atoms with van der Waals surface area (Å²) in [5, 5.41) is 24.1. The van der Waals surface area contributed by atoms with Crippen molar-refractivity contribution in [1.82, 2.24) is 5.43 Å². The van der Waals surface area contributed by atoms with E-state index in [1.165, 1.54) is 19.4 Å². The van der Waals surface area contributed by atoms with Gasteiger partial charge in [0.25, 0.3) is 0 Å². The number of benzene rings is 1. The molecule has 0 aliphatic carbocycles. The van der Waals surface area contributed by atoms with Gasteiger partial charge >= 0.3 is 5.69 Å². The van der Waals surface area contributed by atoms with Gasteiger partial charge in [-0.25, -0.2) is 5.43 Å². The van der Waals surface area contributed by atoms with Gasteiger partial charge in [-0.05, 0) is 12.5 Å². The third kappa shape index (κ3) is 4.75. The molecule has 0 unspecified atom stereocenters. The number of nitro benzene ring substituents is 1. The molecule has 2 N–H and O–H groups in total. The number of amides is 1. The molecule has 8 nitrogen and oxygen atoms in total. The number of carbonyl (C=O) groups is 1. The number of carbonyl (C=O) groups excluding carboxylic acids is 1. The SMILES string of the molecule is CCCCC(=O)N/N=C/c1cc(OC)c(O)c([N+](=O)[O-])c1. The van der Waals surface area contributed by atoms with E-state index in [4.69, 9.17) is 4.74 Å². The maximum absolute atomic E-state index is 11.3. The fourth-order valence-electron chi connectivity index (χ4n) is 1.56. The smallest absolute Gasteiger partial charge is 0.315 e. The first kappa shape index (κ1) is 16.4. The summed E-state index contributed by atoms with van der Waals surface area (Å²) in [7, 11) is 1.28. The number of ether oxygens (including phenoxy) is 1. The molecular formula is C13H17N3O5. The van der Waals surface area contributed by atoms with Gasteiger partial charge in [-0.2, -0.15) is 5.10 Å². The van der Waals surface area contributed by atoms with E-state index in [0.717, 1.165) is 18.9 Å². The van der Waals surface area contributed by atoms with Crippen LogP contribution in [0.15, 0.2) is 17.2 Å². The number of hydrogen-bond acceptors (Lipinski definition) is 6. The first-order chi connectivity index (χ1) is 9.99. The van der Waals surface area contributed by atoms with Crippen LogP contribution in [0.3, 0.4) is 0 Å². The van der Waals surface area contributed by atoms with Crippen molar-refractivity contribution in [3.05, 3.63) is 27.8 Å². The van der Waals surface area contributed by atoms with E-state index in [0.29, 0.717) is 12.0 Å². The molecule has 1 rings (SSSR count).